The van der Waals surface area contributed by atoms with E-state index in [2.05, 4.69) is 28.4 Å². The van der Waals surface area contributed by atoms with E-state index in [4.69, 9.17) is 5.84 Å². The van der Waals surface area contributed by atoms with Crippen molar-refractivity contribution in [1.82, 2.24) is 10.4 Å². The molecule has 0 saturated heterocycles. The predicted octanol–water partition coefficient (Wildman–Crippen LogP) is 3.39. The van der Waals surface area contributed by atoms with Gasteiger partial charge in [-0.15, -0.1) is 0 Å². The van der Waals surface area contributed by atoms with E-state index in [9.17, 15) is 0 Å². The first-order valence-corrected chi connectivity index (χ1v) is 7.16. The fourth-order valence-electron chi connectivity index (χ4n) is 2.41. The zero-order valence-corrected chi connectivity index (χ0v) is 12.7. The molecule has 0 aliphatic rings. The molecule has 0 amide bonds. The van der Waals surface area contributed by atoms with Gasteiger partial charge in [-0.2, -0.15) is 0 Å². The number of aliphatic imine (C=N–C) groups is 1. The van der Waals surface area contributed by atoms with Crippen molar-refractivity contribution in [3.8, 4) is 0 Å². The topological polar surface area (TPSA) is 63.3 Å². The molecule has 0 saturated carbocycles. The summed E-state index contributed by atoms with van der Waals surface area (Å²) >= 11 is 0. The van der Waals surface area contributed by atoms with E-state index in [1.807, 2.05) is 55.5 Å². The van der Waals surface area contributed by atoms with Crippen molar-refractivity contribution in [2.75, 3.05) is 0 Å². The number of hydrogen-bond acceptors (Lipinski definition) is 3. The van der Waals surface area contributed by atoms with Crippen LogP contribution in [0.25, 0.3) is 10.9 Å². The minimum absolute atomic E-state index is 0.553. The van der Waals surface area contributed by atoms with Gasteiger partial charge in [-0.05, 0) is 37.6 Å². The molecule has 110 valence electrons. The predicted molar refractivity (Wildman–Crippen MR) is 91.2 cm³/mol. The lowest BCUT2D eigenvalue weighted by molar-refractivity contribution is 1.01. The van der Waals surface area contributed by atoms with Gasteiger partial charge in [0.1, 0.15) is 5.69 Å². The number of aromatic nitrogens is 1. The van der Waals surface area contributed by atoms with Crippen LogP contribution in [0.3, 0.4) is 0 Å². The number of hydrazine groups is 1. The van der Waals surface area contributed by atoms with Crippen molar-refractivity contribution in [3.05, 3.63) is 71.4 Å². The van der Waals surface area contributed by atoms with Gasteiger partial charge in [0, 0.05) is 5.39 Å². The number of amidine groups is 1. The quantitative estimate of drug-likeness (QED) is 0.329. The molecular formula is C18H18N4. The molecule has 0 bridgehead atoms. The van der Waals surface area contributed by atoms with E-state index < -0.39 is 0 Å². The first-order valence-electron chi connectivity index (χ1n) is 7.16. The summed E-state index contributed by atoms with van der Waals surface area (Å²) in [6, 6.07) is 18.0. The van der Waals surface area contributed by atoms with Crippen LogP contribution in [0.5, 0.6) is 0 Å². The average molecular weight is 290 g/mol. The van der Waals surface area contributed by atoms with Crippen LogP contribution in [0.15, 0.2) is 59.6 Å². The summed E-state index contributed by atoms with van der Waals surface area (Å²) < 4.78 is 0. The fraction of sp³-hybridized carbons (Fsp3) is 0.111. The third-order valence-electron chi connectivity index (χ3n) is 3.56. The van der Waals surface area contributed by atoms with Crippen LogP contribution in [0, 0.1) is 13.8 Å². The van der Waals surface area contributed by atoms with Crippen molar-refractivity contribution in [2.24, 2.45) is 10.8 Å². The molecule has 3 aromatic rings. The van der Waals surface area contributed by atoms with Gasteiger partial charge in [0.15, 0.2) is 5.84 Å². The number of aryl methyl sites for hydroxylation is 2. The number of nitrogens with one attached hydrogen (secondary N) is 1. The van der Waals surface area contributed by atoms with Crippen LogP contribution in [0.2, 0.25) is 0 Å². The second-order valence-corrected chi connectivity index (χ2v) is 5.28. The number of para-hydroxylation sites is 1. The van der Waals surface area contributed by atoms with Crippen LogP contribution in [0.1, 0.15) is 16.8 Å². The van der Waals surface area contributed by atoms with Gasteiger partial charge in [-0.25, -0.2) is 15.8 Å². The first-order chi connectivity index (χ1) is 10.7. The highest BCUT2D eigenvalue weighted by atomic mass is 15.3. The second-order valence-electron chi connectivity index (χ2n) is 5.28. The molecule has 4 nitrogen and oxygen atoms in total. The molecule has 1 aromatic heterocycles. The second kappa shape index (κ2) is 5.95. The summed E-state index contributed by atoms with van der Waals surface area (Å²) in [5.74, 6) is 6.21. The highest BCUT2D eigenvalue weighted by Crippen LogP contribution is 2.20. The Balaban J connectivity index is 2.06. The van der Waals surface area contributed by atoms with E-state index in [-0.39, 0.29) is 0 Å². The minimum Gasteiger partial charge on any atom is -0.307 e. The Hall–Kier alpha value is -2.72. The minimum atomic E-state index is 0.553. The summed E-state index contributed by atoms with van der Waals surface area (Å²) in [4.78, 5) is 9.23. The fourth-order valence-corrected chi connectivity index (χ4v) is 2.41. The Morgan fingerprint density at radius 1 is 1.05 bits per heavy atom. The van der Waals surface area contributed by atoms with Crippen molar-refractivity contribution >= 4 is 22.4 Å². The molecule has 0 aliphatic carbocycles. The summed E-state index contributed by atoms with van der Waals surface area (Å²) in [6.07, 6.45) is 0. The standard InChI is InChI=1S/C18H18N4/c1-12-7-9-15(13(2)11-12)21-18(22-19)17-10-8-14-5-3-4-6-16(14)20-17/h3-11H,19H2,1-2H3,(H,21,22). The first kappa shape index (κ1) is 14.2. The SMILES string of the molecule is Cc1ccc(N=C(NN)c2ccc3ccccc3n2)c(C)c1. The Kier molecular flexibility index (Phi) is 3.85. The van der Waals surface area contributed by atoms with E-state index in [0.29, 0.717) is 5.84 Å². The molecule has 2 aromatic carbocycles. The van der Waals surface area contributed by atoms with Gasteiger partial charge in [0.05, 0.1) is 11.2 Å². The van der Waals surface area contributed by atoms with Crippen LogP contribution in [-0.2, 0) is 0 Å². The van der Waals surface area contributed by atoms with Crippen molar-refractivity contribution < 1.29 is 0 Å². The largest absolute Gasteiger partial charge is 0.307 e. The Labute approximate surface area is 129 Å². The van der Waals surface area contributed by atoms with Crippen LogP contribution in [-0.4, -0.2) is 10.8 Å². The molecule has 1 heterocycles. The van der Waals surface area contributed by atoms with Gasteiger partial charge >= 0.3 is 0 Å². The monoisotopic (exact) mass is 290 g/mol. The molecule has 0 aliphatic heterocycles. The summed E-state index contributed by atoms with van der Waals surface area (Å²) in [5, 5.41) is 1.09. The lowest BCUT2D eigenvalue weighted by Crippen LogP contribution is -2.31. The maximum atomic E-state index is 5.66. The van der Waals surface area contributed by atoms with Gasteiger partial charge in [-0.1, -0.05) is 42.0 Å². The molecular weight excluding hydrogens is 272 g/mol. The number of rotatable bonds is 2. The van der Waals surface area contributed by atoms with Crippen molar-refractivity contribution in [3.63, 3.8) is 0 Å². The average Bonchev–Trinajstić information content (AvgIpc) is 2.54. The van der Waals surface area contributed by atoms with Crippen LogP contribution in [0.4, 0.5) is 5.69 Å². The summed E-state index contributed by atoms with van der Waals surface area (Å²) in [6.45, 7) is 4.10. The maximum absolute atomic E-state index is 5.66. The zero-order valence-electron chi connectivity index (χ0n) is 12.7. The normalized spacial score (nSPS) is 11.7. The lowest BCUT2D eigenvalue weighted by Gasteiger charge is -2.08. The Morgan fingerprint density at radius 2 is 1.86 bits per heavy atom. The van der Waals surface area contributed by atoms with E-state index in [0.717, 1.165) is 27.8 Å². The van der Waals surface area contributed by atoms with E-state index in [1.54, 1.807) is 0 Å². The van der Waals surface area contributed by atoms with E-state index >= 15 is 0 Å². The molecule has 0 radical (unpaired) electrons. The number of nitrogens with two attached hydrogens (primary N) is 1. The van der Waals surface area contributed by atoms with Crippen molar-refractivity contribution in [1.29, 1.82) is 0 Å². The third-order valence-corrected chi connectivity index (χ3v) is 3.56. The Morgan fingerprint density at radius 3 is 2.64 bits per heavy atom. The zero-order chi connectivity index (χ0) is 15.5. The maximum Gasteiger partial charge on any atom is 0.166 e. The molecule has 4 heteroatoms. The van der Waals surface area contributed by atoms with Gasteiger partial charge in [0.25, 0.3) is 0 Å². The van der Waals surface area contributed by atoms with Gasteiger partial charge < -0.3 is 5.43 Å². The Bertz CT molecular complexity index is 853. The molecule has 3 rings (SSSR count). The number of fused-ring (bicyclic) bond motifs is 1. The number of pyridine rings is 1. The smallest absolute Gasteiger partial charge is 0.166 e. The third kappa shape index (κ3) is 2.82. The molecule has 22 heavy (non-hydrogen) atoms. The lowest BCUT2D eigenvalue weighted by atomic mass is 10.1. The van der Waals surface area contributed by atoms with Crippen LogP contribution < -0.4 is 11.3 Å². The van der Waals surface area contributed by atoms with Crippen molar-refractivity contribution in [2.45, 2.75) is 13.8 Å². The molecule has 0 fully saturated rings. The highest BCUT2D eigenvalue weighted by Gasteiger charge is 2.06. The summed E-state index contributed by atoms with van der Waals surface area (Å²) in [5.41, 5.74) is 7.50. The number of hydrogen-bond donors (Lipinski definition) is 2. The molecule has 3 N–H and O–H groups in total. The molecule has 0 unspecified atom stereocenters. The summed E-state index contributed by atoms with van der Waals surface area (Å²) in [7, 11) is 0. The number of nitrogens with zero attached hydrogens (tertiary/aromatic N) is 2. The number of benzene rings is 2. The van der Waals surface area contributed by atoms with Gasteiger partial charge in [-0.3, -0.25) is 0 Å². The highest BCUT2D eigenvalue weighted by molar-refractivity contribution is 6.00. The van der Waals surface area contributed by atoms with Gasteiger partial charge in [0.2, 0.25) is 0 Å². The molecule has 0 spiro atoms. The van der Waals surface area contributed by atoms with E-state index in [1.165, 1.54) is 5.56 Å². The van der Waals surface area contributed by atoms with Crippen LogP contribution >= 0.6 is 0 Å². The molecule has 0 atom stereocenters.